The zero-order chi connectivity index (χ0) is 28.6. The number of aromatic nitrogens is 1. The highest BCUT2D eigenvalue weighted by Gasteiger charge is 2.33. The van der Waals surface area contributed by atoms with Crippen molar-refractivity contribution < 1.29 is 22.3 Å². The molecule has 0 atom stereocenters. The highest BCUT2D eigenvalue weighted by molar-refractivity contribution is 7.89. The summed E-state index contributed by atoms with van der Waals surface area (Å²) in [6.45, 7) is 7.00. The topological polar surface area (TPSA) is 94.5 Å². The molecular weight excluding hydrogens is 519 g/mol. The second kappa shape index (κ2) is 10.8. The van der Waals surface area contributed by atoms with Gasteiger partial charge in [0.25, 0.3) is 5.56 Å². The van der Waals surface area contributed by atoms with E-state index in [-0.39, 0.29) is 45.6 Å². The van der Waals surface area contributed by atoms with Crippen molar-refractivity contribution in [2.45, 2.75) is 52.3 Å². The third-order valence-corrected chi connectivity index (χ3v) is 7.90. The number of nitrogens with zero attached hydrogens (tertiary/aromatic N) is 1. The van der Waals surface area contributed by atoms with Crippen LogP contribution in [0.15, 0.2) is 46.8 Å². The lowest BCUT2D eigenvalue weighted by atomic mass is 9.92. The Kier molecular flexibility index (Phi) is 7.84. The Bertz CT molecular complexity index is 1670. The van der Waals surface area contributed by atoms with Gasteiger partial charge in [-0.05, 0) is 74.9 Å². The molecule has 0 amide bonds. The van der Waals surface area contributed by atoms with E-state index in [9.17, 15) is 22.4 Å². The van der Waals surface area contributed by atoms with Crippen LogP contribution in [0.25, 0.3) is 16.8 Å². The minimum atomic E-state index is -3.30. The third kappa shape index (κ3) is 5.68. The largest absolute Gasteiger partial charge is 0.495 e. The van der Waals surface area contributed by atoms with Gasteiger partial charge in [0.05, 0.1) is 24.2 Å². The Morgan fingerprint density at radius 3 is 2.44 bits per heavy atom. The number of aryl methyl sites for hydroxylation is 1. The lowest BCUT2D eigenvalue weighted by Crippen LogP contribution is -2.28. The van der Waals surface area contributed by atoms with Crippen LogP contribution in [0.1, 0.15) is 53.8 Å². The van der Waals surface area contributed by atoms with Crippen molar-refractivity contribution in [1.29, 1.82) is 0 Å². The molecule has 0 spiro atoms. The molecule has 1 fully saturated rings. The number of anilines is 1. The molecule has 0 aliphatic heterocycles. The van der Waals surface area contributed by atoms with Crippen LogP contribution in [0.4, 0.5) is 10.1 Å². The van der Waals surface area contributed by atoms with Gasteiger partial charge in [0, 0.05) is 29.1 Å². The van der Waals surface area contributed by atoms with Crippen LogP contribution in [0.3, 0.4) is 0 Å². The van der Waals surface area contributed by atoms with Gasteiger partial charge >= 0.3 is 0 Å². The summed E-state index contributed by atoms with van der Waals surface area (Å²) in [6, 6.07) is 10.0. The van der Waals surface area contributed by atoms with Crippen molar-refractivity contribution in [2.75, 3.05) is 18.7 Å². The molecule has 1 aliphatic carbocycles. The fourth-order valence-corrected chi connectivity index (χ4v) is 5.84. The first-order valence-corrected chi connectivity index (χ1v) is 14.7. The molecule has 1 aliphatic rings. The van der Waals surface area contributed by atoms with Crippen LogP contribution in [0.2, 0.25) is 0 Å². The Morgan fingerprint density at radius 2 is 1.87 bits per heavy atom. The summed E-state index contributed by atoms with van der Waals surface area (Å²) >= 11 is 0. The minimum absolute atomic E-state index is 0.0192. The fourth-order valence-electron chi connectivity index (χ4n) is 4.96. The van der Waals surface area contributed by atoms with Gasteiger partial charge in [0.1, 0.15) is 23.4 Å². The molecule has 39 heavy (non-hydrogen) atoms. The molecule has 0 unspecified atom stereocenters. The number of nitrogens with one attached hydrogen (secondary N) is 1. The van der Waals surface area contributed by atoms with E-state index in [4.69, 9.17) is 4.74 Å². The maximum absolute atomic E-state index is 14.9. The average molecular weight is 553 g/mol. The number of benzene rings is 2. The monoisotopic (exact) mass is 552 g/mol. The Labute approximate surface area is 228 Å². The zero-order valence-corrected chi connectivity index (χ0v) is 23.8. The Balaban J connectivity index is 2.07. The zero-order valence-electron chi connectivity index (χ0n) is 23.0. The second-order valence-corrected chi connectivity index (χ2v) is 12.4. The molecule has 1 aromatic heterocycles. The number of halogens is 1. The predicted octanol–water partition coefficient (Wildman–Crippen LogP) is 5.51. The van der Waals surface area contributed by atoms with E-state index in [1.807, 2.05) is 19.9 Å². The van der Waals surface area contributed by atoms with Crippen molar-refractivity contribution in [3.63, 3.8) is 0 Å². The quantitative estimate of drug-likeness (QED) is 0.278. The number of rotatable bonds is 9. The van der Waals surface area contributed by atoms with Crippen LogP contribution in [-0.2, 0) is 20.4 Å². The van der Waals surface area contributed by atoms with E-state index >= 15 is 0 Å². The Morgan fingerprint density at radius 1 is 1.18 bits per heavy atom. The first-order valence-electron chi connectivity index (χ1n) is 12.7. The maximum Gasteiger partial charge on any atom is 0.264 e. The SMILES string of the molecule is COc1c(-c2cccc(CS(C)(=O)=O)c2C)c(C)n(C2CC2)c(=O)c1/C(Nc1ccc(C)cc1F)=C(/C)C=O. The number of aldehydes is 1. The molecule has 206 valence electrons. The number of pyridine rings is 1. The number of hydrogen-bond acceptors (Lipinski definition) is 6. The molecule has 1 heterocycles. The first kappa shape index (κ1) is 28.3. The average Bonchev–Trinajstić information content (AvgIpc) is 3.69. The molecule has 0 bridgehead atoms. The number of allylic oxidation sites excluding steroid dienone is 1. The summed E-state index contributed by atoms with van der Waals surface area (Å²) in [7, 11) is -1.86. The molecule has 0 radical (unpaired) electrons. The first-order chi connectivity index (χ1) is 18.4. The smallest absolute Gasteiger partial charge is 0.264 e. The van der Waals surface area contributed by atoms with Crippen molar-refractivity contribution in [2.24, 2.45) is 0 Å². The van der Waals surface area contributed by atoms with Crippen LogP contribution in [0, 0.1) is 26.6 Å². The maximum atomic E-state index is 14.9. The minimum Gasteiger partial charge on any atom is -0.495 e. The van der Waals surface area contributed by atoms with Crippen molar-refractivity contribution >= 4 is 27.5 Å². The van der Waals surface area contributed by atoms with Crippen LogP contribution in [0.5, 0.6) is 5.75 Å². The highest BCUT2D eigenvalue weighted by Crippen LogP contribution is 2.44. The molecule has 7 nitrogen and oxygen atoms in total. The molecule has 4 rings (SSSR count). The van der Waals surface area contributed by atoms with Crippen molar-refractivity contribution in [3.8, 4) is 16.9 Å². The number of sulfone groups is 1. The van der Waals surface area contributed by atoms with Gasteiger partial charge in [-0.15, -0.1) is 0 Å². The van der Waals surface area contributed by atoms with Crippen molar-refractivity contribution in [1.82, 2.24) is 4.57 Å². The number of hydrogen-bond donors (Lipinski definition) is 1. The highest BCUT2D eigenvalue weighted by atomic mass is 32.2. The van der Waals surface area contributed by atoms with Crippen LogP contribution >= 0.6 is 0 Å². The van der Waals surface area contributed by atoms with Crippen molar-refractivity contribution in [3.05, 3.63) is 86.1 Å². The van der Waals surface area contributed by atoms with Gasteiger partial charge in [-0.2, -0.15) is 0 Å². The van der Waals surface area contributed by atoms with Gasteiger partial charge in [-0.1, -0.05) is 24.3 Å². The molecule has 2 aromatic carbocycles. The van der Waals surface area contributed by atoms with E-state index in [1.165, 1.54) is 19.4 Å². The van der Waals surface area contributed by atoms with E-state index in [0.717, 1.165) is 24.0 Å². The molecular formula is C30H33FN2O5S. The van der Waals surface area contributed by atoms with E-state index in [2.05, 4.69) is 5.32 Å². The van der Waals surface area contributed by atoms with Gasteiger partial charge in [-0.3, -0.25) is 9.59 Å². The lowest BCUT2D eigenvalue weighted by Gasteiger charge is -2.24. The molecule has 1 N–H and O–H groups in total. The third-order valence-electron chi connectivity index (χ3n) is 7.06. The van der Waals surface area contributed by atoms with Gasteiger partial charge in [-0.25, -0.2) is 12.8 Å². The summed E-state index contributed by atoms with van der Waals surface area (Å²) in [5.41, 5.74) is 4.34. The van der Waals surface area contributed by atoms with Gasteiger partial charge in [0.15, 0.2) is 9.84 Å². The standard InChI is InChI=1S/C30H33FN2O5S/c1-17-10-13-25(24(31)14-17)32-28(18(2)15-34)27-29(38-5)26(20(4)33(30(27)35)22-11-12-22)23-9-7-8-21(19(23)3)16-39(6,36)37/h7-10,13-15,22,32H,11-12,16H2,1-6H3/b28-18+. The fraction of sp³-hybridized carbons (Fsp3) is 0.333. The molecule has 3 aromatic rings. The summed E-state index contributed by atoms with van der Waals surface area (Å²) < 4.78 is 46.7. The normalized spacial score (nSPS) is 14.1. The van der Waals surface area contributed by atoms with Crippen LogP contribution < -0.4 is 15.6 Å². The predicted molar refractivity (Wildman–Crippen MR) is 152 cm³/mol. The number of ether oxygens (including phenoxy) is 1. The number of methoxy groups -OCH3 is 1. The lowest BCUT2D eigenvalue weighted by molar-refractivity contribution is -0.104. The van der Waals surface area contributed by atoms with E-state index < -0.39 is 15.7 Å². The van der Waals surface area contributed by atoms with E-state index in [1.54, 1.807) is 42.7 Å². The van der Waals surface area contributed by atoms with Gasteiger partial charge < -0.3 is 14.6 Å². The van der Waals surface area contributed by atoms with Crippen LogP contribution in [-0.4, -0.2) is 32.6 Å². The summed E-state index contributed by atoms with van der Waals surface area (Å²) in [5.74, 6) is -0.429. The number of carbonyl (C=O) groups is 1. The molecule has 1 saturated carbocycles. The number of carbonyl (C=O) groups excluding carboxylic acids is 1. The Hall–Kier alpha value is -3.72. The summed E-state index contributed by atoms with van der Waals surface area (Å²) in [6.07, 6.45) is 3.45. The molecule has 9 heteroatoms. The second-order valence-electron chi connectivity index (χ2n) is 10.2. The molecule has 0 saturated heterocycles. The van der Waals surface area contributed by atoms with E-state index in [0.29, 0.717) is 28.7 Å². The summed E-state index contributed by atoms with van der Waals surface area (Å²) in [4.78, 5) is 26.1. The summed E-state index contributed by atoms with van der Waals surface area (Å²) in [5, 5.41) is 3.00. The van der Waals surface area contributed by atoms with Gasteiger partial charge in [0.2, 0.25) is 0 Å².